The van der Waals surface area contributed by atoms with E-state index in [4.69, 9.17) is 17.3 Å². The van der Waals surface area contributed by atoms with Crippen LogP contribution in [0, 0.1) is 0 Å². The van der Waals surface area contributed by atoms with Gasteiger partial charge in [0.2, 0.25) is 0 Å². The fourth-order valence-corrected chi connectivity index (χ4v) is 3.64. The van der Waals surface area contributed by atoms with Crippen LogP contribution in [0.15, 0.2) is 6.07 Å². The molecule has 0 aromatic carbocycles. The van der Waals surface area contributed by atoms with E-state index in [-0.39, 0.29) is 16.6 Å². The van der Waals surface area contributed by atoms with Gasteiger partial charge in [0, 0.05) is 0 Å². The summed E-state index contributed by atoms with van der Waals surface area (Å²) < 4.78 is 23.2. The summed E-state index contributed by atoms with van der Waals surface area (Å²) in [4.78, 5) is 0. The van der Waals surface area contributed by atoms with Gasteiger partial charge < -0.3 is 5.73 Å². The van der Waals surface area contributed by atoms with E-state index in [1.54, 1.807) is 0 Å². The molecule has 0 aliphatic carbocycles. The zero-order chi connectivity index (χ0) is 11.1. The van der Waals surface area contributed by atoms with Crippen molar-refractivity contribution in [1.82, 2.24) is 10.2 Å². The number of sulfone groups is 1. The minimum atomic E-state index is -3.07. The van der Waals surface area contributed by atoms with E-state index >= 15 is 0 Å². The van der Waals surface area contributed by atoms with E-state index in [2.05, 4.69) is 10.2 Å². The van der Waals surface area contributed by atoms with Crippen LogP contribution < -0.4 is 5.73 Å². The molecule has 1 aromatic rings. The number of anilines is 1. The topological polar surface area (TPSA) is 85.9 Å². The van der Waals surface area contributed by atoms with E-state index in [1.807, 2.05) is 0 Å². The second-order valence-electron chi connectivity index (χ2n) is 3.51. The van der Waals surface area contributed by atoms with E-state index in [1.165, 1.54) is 6.07 Å². The summed E-state index contributed by atoms with van der Waals surface area (Å²) in [6.07, 6.45) is 1.25. The third kappa shape index (κ3) is 1.91. The molecule has 1 aromatic heterocycles. The molecule has 0 amide bonds. The number of aromatic nitrogens is 2. The molecule has 0 bridgehead atoms. The second kappa shape index (κ2) is 3.61. The number of halogens is 1. The number of nitrogen functional groups attached to an aromatic ring is 1. The summed E-state index contributed by atoms with van der Waals surface area (Å²) in [6, 6.07) is 1.49. The van der Waals surface area contributed by atoms with Crippen molar-refractivity contribution >= 4 is 27.1 Å². The van der Waals surface area contributed by atoms with Crippen LogP contribution >= 0.6 is 11.6 Å². The van der Waals surface area contributed by atoms with E-state index in [0.29, 0.717) is 18.5 Å². The van der Waals surface area contributed by atoms with Crippen molar-refractivity contribution in [2.24, 2.45) is 0 Å². The zero-order valence-corrected chi connectivity index (χ0v) is 9.42. The number of nitrogens with zero attached hydrogens (tertiary/aromatic N) is 2. The third-order valence-corrected chi connectivity index (χ3v) is 4.95. The highest BCUT2D eigenvalue weighted by molar-refractivity contribution is 7.91. The van der Waals surface area contributed by atoms with Crippen LogP contribution in [0.1, 0.15) is 23.8 Å². The van der Waals surface area contributed by atoms with Crippen LogP contribution in [0.5, 0.6) is 0 Å². The molecule has 1 unspecified atom stereocenters. The highest BCUT2D eigenvalue weighted by Gasteiger charge is 2.34. The van der Waals surface area contributed by atoms with Crippen LogP contribution in [0.4, 0.5) is 5.69 Å². The lowest BCUT2D eigenvalue weighted by molar-refractivity contribution is 0.590. The van der Waals surface area contributed by atoms with Gasteiger partial charge in [-0.05, 0) is 18.9 Å². The predicted octanol–water partition coefficient (Wildman–Crippen LogP) is 0.962. The Morgan fingerprint density at radius 1 is 1.47 bits per heavy atom. The first-order valence-corrected chi connectivity index (χ1v) is 6.60. The number of hydrogen-bond acceptors (Lipinski definition) is 5. The summed E-state index contributed by atoms with van der Waals surface area (Å²) in [5.74, 6) is 0.210. The maximum Gasteiger partial charge on any atom is 0.174 e. The Morgan fingerprint density at radius 3 is 2.73 bits per heavy atom. The predicted molar refractivity (Wildman–Crippen MR) is 57.2 cm³/mol. The van der Waals surface area contributed by atoms with E-state index < -0.39 is 15.1 Å². The third-order valence-electron chi connectivity index (χ3n) is 2.45. The first kappa shape index (κ1) is 10.6. The van der Waals surface area contributed by atoms with Crippen LogP contribution in [-0.2, 0) is 9.84 Å². The van der Waals surface area contributed by atoms with Crippen molar-refractivity contribution in [2.75, 3.05) is 11.5 Å². The Bertz CT molecular complexity index is 489. The van der Waals surface area contributed by atoms with Gasteiger partial charge in [-0.3, -0.25) is 0 Å². The largest absolute Gasteiger partial charge is 0.396 e. The molecule has 2 rings (SSSR count). The summed E-state index contributed by atoms with van der Waals surface area (Å²) in [5, 5.41) is 6.93. The molecule has 0 spiro atoms. The molecule has 2 N–H and O–H groups in total. The summed E-state index contributed by atoms with van der Waals surface area (Å²) >= 11 is 5.61. The van der Waals surface area contributed by atoms with Crippen LogP contribution in [-0.4, -0.2) is 24.4 Å². The lowest BCUT2D eigenvalue weighted by Crippen LogP contribution is -2.11. The quantitative estimate of drug-likeness (QED) is 0.799. The first-order valence-electron chi connectivity index (χ1n) is 4.51. The fraction of sp³-hybridized carbons (Fsp3) is 0.500. The average Bonchev–Trinajstić information content (AvgIpc) is 2.50. The Morgan fingerprint density at radius 2 is 2.20 bits per heavy atom. The Balaban J connectivity index is 2.42. The molecule has 0 saturated carbocycles. The Kier molecular flexibility index (Phi) is 2.56. The molecule has 5 nitrogen and oxygen atoms in total. The van der Waals surface area contributed by atoms with Gasteiger partial charge in [-0.25, -0.2) is 8.42 Å². The van der Waals surface area contributed by atoms with Crippen LogP contribution in [0.3, 0.4) is 0 Å². The molecule has 82 valence electrons. The van der Waals surface area contributed by atoms with Crippen molar-refractivity contribution in [1.29, 1.82) is 0 Å². The lowest BCUT2D eigenvalue weighted by Gasteiger charge is -2.08. The van der Waals surface area contributed by atoms with Crippen molar-refractivity contribution in [3.05, 3.63) is 16.9 Å². The highest BCUT2D eigenvalue weighted by atomic mass is 35.5. The lowest BCUT2D eigenvalue weighted by atomic mass is 10.2. The van der Waals surface area contributed by atoms with Gasteiger partial charge in [-0.1, -0.05) is 11.6 Å². The molecule has 2 heterocycles. The average molecular weight is 248 g/mol. The first-order chi connectivity index (χ1) is 7.00. The van der Waals surface area contributed by atoms with Crippen molar-refractivity contribution in [3.63, 3.8) is 0 Å². The van der Waals surface area contributed by atoms with Gasteiger partial charge in [0.25, 0.3) is 0 Å². The van der Waals surface area contributed by atoms with Gasteiger partial charge >= 0.3 is 0 Å². The smallest absolute Gasteiger partial charge is 0.174 e. The summed E-state index contributed by atoms with van der Waals surface area (Å²) in [5.41, 5.74) is 6.21. The number of rotatable bonds is 1. The van der Waals surface area contributed by atoms with Gasteiger partial charge in [0.05, 0.1) is 17.1 Å². The van der Waals surface area contributed by atoms with Crippen molar-refractivity contribution in [3.8, 4) is 0 Å². The Labute approximate surface area is 92.6 Å². The molecular weight excluding hydrogens is 238 g/mol. The SMILES string of the molecule is Nc1cc(C2CCCS2(=O)=O)nnc1Cl. The minimum Gasteiger partial charge on any atom is -0.396 e. The molecule has 1 saturated heterocycles. The molecule has 1 atom stereocenters. The molecule has 15 heavy (non-hydrogen) atoms. The maximum absolute atomic E-state index is 11.6. The van der Waals surface area contributed by atoms with Gasteiger partial charge in [0.1, 0.15) is 5.25 Å². The summed E-state index contributed by atoms with van der Waals surface area (Å²) in [7, 11) is -3.07. The van der Waals surface area contributed by atoms with E-state index in [0.717, 1.165) is 0 Å². The minimum absolute atomic E-state index is 0.106. The maximum atomic E-state index is 11.6. The normalized spacial score (nSPS) is 24.2. The van der Waals surface area contributed by atoms with Crippen molar-refractivity contribution in [2.45, 2.75) is 18.1 Å². The van der Waals surface area contributed by atoms with Crippen LogP contribution in [0.2, 0.25) is 5.15 Å². The van der Waals surface area contributed by atoms with Crippen LogP contribution in [0.25, 0.3) is 0 Å². The molecule has 7 heteroatoms. The number of nitrogens with two attached hydrogens (primary N) is 1. The van der Waals surface area contributed by atoms with Gasteiger partial charge in [-0.2, -0.15) is 5.10 Å². The Hall–Kier alpha value is -0.880. The standard InChI is InChI=1S/C8H10ClN3O2S/c9-8-5(10)4-6(11-12-8)7-2-1-3-15(7,13)14/h4,7H,1-3H2,(H2,10,11). The second-order valence-corrected chi connectivity index (χ2v) is 6.17. The molecule has 1 fully saturated rings. The molecule has 1 aliphatic rings. The monoisotopic (exact) mass is 247 g/mol. The van der Waals surface area contributed by atoms with Gasteiger partial charge in [0.15, 0.2) is 15.0 Å². The molecular formula is C8H10ClN3O2S. The highest BCUT2D eigenvalue weighted by Crippen LogP contribution is 2.34. The van der Waals surface area contributed by atoms with Gasteiger partial charge in [-0.15, -0.1) is 5.10 Å². The molecule has 1 aliphatic heterocycles. The number of hydrogen-bond donors (Lipinski definition) is 1. The zero-order valence-electron chi connectivity index (χ0n) is 7.85. The summed E-state index contributed by atoms with van der Waals surface area (Å²) in [6.45, 7) is 0. The van der Waals surface area contributed by atoms with E-state index in [9.17, 15) is 8.42 Å². The molecule has 0 radical (unpaired) electrons. The fourth-order valence-electron chi connectivity index (χ4n) is 1.69. The van der Waals surface area contributed by atoms with Crippen molar-refractivity contribution < 1.29 is 8.42 Å².